The molecule has 1 aliphatic heterocycles. The predicted octanol–water partition coefficient (Wildman–Crippen LogP) is 6.57. The van der Waals surface area contributed by atoms with E-state index in [0.29, 0.717) is 37.2 Å². The van der Waals surface area contributed by atoms with Gasteiger partial charge in [-0.25, -0.2) is 14.4 Å². The normalized spacial score (nSPS) is 15.0. The fraction of sp³-hybridized carbons (Fsp3) is 0.400. The van der Waals surface area contributed by atoms with E-state index >= 15 is 0 Å². The van der Waals surface area contributed by atoms with Crippen molar-refractivity contribution in [3.05, 3.63) is 53.9 Å². The Morgan fingerprint density at radius 3 is 2.57 bits per heavy atom. The summed E-state index contributed by atoms with van der Waals surface area (Å²) in [4.78, 5) is 22.8. The number of nitrogens with one attached hydrogen (secondary N) is 1. The van der Waals surface area contributed by atoms with E-state index in [1.54, 1.807) is 46.2 Å². The monoisotopic (exact) mass is 537 g/mol. The molecule has 1 saturated heterocycles. The molecule has 4 rings (SSSR count). The van der Waals surface area contributed by atoms with Gasteiger partial charge in [-0.2, -0.15) is 13.2 Å². The number of piperazine rings is 1. The van der Waals surface area contributed by atoms with E-state index in [1.165, 1.54) is 13.1 Å². The Labute approximate surface area is 216 Å². The van der Waals surface area contributed by atoms with Crippen molar-refractivity contribution < 1.29 is 27.1 Å². The van der Waals surface area contributed by atoms with Crippen molar-refractivity contribution in [1.29, 1.82) is 0 Å². The Morgan fingerprint density at radius 2 is 1.89 bits per heavy atom. The third-order valence-electron chi connectivity index (χ3n) is 5.91. The van der Waals surface area contributed by atoms with E-state index in [2.05, 4.69) is 15.3 Å². The van der Waals surface area contributed by atoms with Crippen LogP contribution in [0.25, 0.3) is 0 Å². The number of aromatic nitrogens is 2. The van der Waals surface area contributed by atoms with Crippen molar-refractivity contribution in [2.45, 2.75) is 39.0 Å². The maximum absolute atomic E-state index is 14.7. The second-order valence-corrected chi connectivity index (χ2v) is 9.52. The fourth-order valence-electron chi connectivity index (χ4n) is 4.02. The number of hydrogen-bond acceptors (Lipinski definition) is 7. The van der Waals surface area contributed by atoms with E-state index < -0.39 is 18.0 Å². The average Bonchev–Trinajstić information content (AvgIpc) is 3.30. The lowest BCUT2D eigenvalue weighted by atomic mass is 10.1. The summed E-state index contributed by atoms with van der Waals surface area (Å²) in [5, 5.41) is 2.89. The SMILES string of the molecule is CCCC(F)c1ccccc1Oc1ncccc1Nc1nc(C(F)(F)F)c(N2CCN(C(C)=O)CC2)s1. The summed E-state index contributed by atoms with van der Waals surface area (Å²) in [5.41, 5.74) is -0.326. The first kappa shape index (κ1) is 26.6. The average molecular weight is 538 g/mol. The van der Waals surface area contributed by atoms with Crippen LogP contribution in [0, 0.1) is 0 Å². The van der Waals surface area contributed by atoms with Crippen LogP contribution in [0.2, 0.25) is 0 Å². The summed E-state index contributed by atoms with van der Waals surface area (Å²) in [6, 6.07) is 9.90. The van der Waals surface area contributed by atoms with Gasteiger partial charge in [-0.15, -0.1) is 0 Å². The number of halogens is 4. The van der Waals surface area contributed by atoms with E-state index in [1.807, 2.05) is 6.92 Å². The van der Waals surface area contributed by atoms with Crippen molar-refractivity contribution in [3.8, 4) is 11.6 Å². The highest BCUT2D eigenvalue weighted by atomic mass is 32.1. The molecule has 37 heavy (non-hydrogen) atoms. The van der Waals surface area contributed by atoms with Crippen molar-refractivity contribution in [3.63, 3.8) is 0 Å². The Morgan fingerprint density at radius 1 is 1.16 bits per heavy atom. The van der Waals surface area contributed by atoms with Crippen LogP contribution in [0.3, 0.4) is 0 Å². The van der Waals surface area contributed by atoms with Gasteiger partial charge in [0, 0.05) is 44.9 Å². The minimum absolute atomic E-state index is 0.0109. The van der Waals surface area contributed by atoms with Crippen molar-refractivity contribution in [2.24, 2.45) is 0 Å². The second kappa shape index (κ2) is 11.3. The zero-order chi connectivity index (χ0) is 26.6. The summed E-state index contributed by atoms with van der Waals surface area (Å²) in [7, 11) is 0. The smallest absolute Gasteiger partial charge is 0.436 e. The lowest BCUT2D eigenvalue weighted by Gasteiger charge is -2.35. The van der Waals surface area contributed by atoms with Gasteiger partial charge in [0.1, 0.15) is 22.6 Å². The Hall–Kier alpha value is -3.41. The molecule has 12 heteroatoms. The van der Waals surface area contributed by atoms with E-state index in [9.17, 15) is 22.4 Å². The van der Waals surface area contributed by atoms with E-state index in [4.69, 9.17) is 4.74 Å². The molecular weight excluding hydrogens is 510 g/mol. The lowest BCUT2D eigenvalue weighted by Crippen LogP contribution is -2.48. The van der Waals surface area contributed by atoms with Crippen LogP contribution in [0.4, 0.5) is 33.4 Å². The number of pyridine rings is 1. The van der Waals surface area contributed by atoms with Crippen molar-refractivity contribution in [2.75, 3.05) is 36.4 Å². The molecule has 1 fully saturated rings. The predicted molar refractivity (Wildman–Crippen MR) is 134 cm³/mol. The third-order valence-corrected chi connectivity index (χ3v) is 6.94. The highest BCUT2D eigenvalue weighted by Crippen LogP contribution is 2.44. The summed E-state index contributed by atoms with van der Waals surface area (Å²) in [6.07, 6.45) is -3.42. The van der Waals surface area contributed by atoms with Crippen molar-refractivity contribution >= 4 is 33.1 Å². The van der Waals surface area contributed by atoms with Crippen LogP contribution >= 0.6 is 11.3 Å². The van der Waals surface area contributed by atoms with Gasteiger partial charge in [-0.05, 0) is 24.6 Å². The van der Waals surface area contributed by atoms with Gasteiger partial charge in [0.2, 0.25) is 11.8 Å². The largest absolute Gasteiger partial charge is 0.437 e. The molecule has 3 aromatic rings. The van der Waals surface area contributed by atoms with Gasteiger partial charge in [0.25, 0.3) is 0 Å². The molecule has 7 nitrogen and oxygen atoms in total. The number of hydrogen-bond donors (Lipinski definition) is 1. The number of thiazole rings is 1. The molecular formula is C25H27F4N5O2S. The van der Waals surface area contributed by atoms with Crippen LogP contribution < -0.4 is 15.0 Å². The van der Waals surface area contributed by atoms with Gasteiger partial charge in [-0.1, -0.05) is 42.9 Å². The number of carbonyl (C=O) groups is 1. The first-order chi connectivity index (χ1) is 17.7. The summed E-state index contributed by atoms with van der Waals surface area (Å²) in [5.74, 6) is 0.255. The molecule has 1 aromatic carbocycles. The maximum atomic E-state index is 14.7. The molecule has 1 amide bonds. The standard InChI is InChI=1S/C25H27F4N5O2S/c1-3-7-18(26)17-8-4-5-10-20(17)36-22-19(9-6-11-30-22)31-24-32-21(25(27,28)29)23(37-24)34-14-12-33(13-15-34)16(2)35/h4-6,8-11,18H,3,7,12-15H2,1-2H3,(H,31,32). The molecule has 0 bridgehead atoms. The Kier molecular flexibility index (Phi) is 8.16. The number of carbonyl (C=O) groups excluding carboxylic acids is 1. The van der Waals surface area contributed by atoms with Crippen LogP contribution in [-0.2, 0) is 11.0 Å². The highest BCUT2D eigenvalue weighted by Gasteiger charge is 2.40. The lowest BCUT2D eigenvalue weighted by molar-refractivity contribution is -0.140. The van der Waals surface area contributed by atoms with Gasteiger partial charge < -0.3 is 19.9 Å². The molecule has 2 aromatic heterocycles. The van der Waals surface area contributed by atoms with E-state index in [0.717, 1.165) is 11.3 Å². The quantitative estimate of drug-likeness (QED) is 0.328. The Balaban J connectivity index is 1.59. The highest BCUT2D eigenvalue weighted by molar-refractivity contribution is 7.19. The van der Waals surface area contributed by atoms with Gasteiger partial charge in [0.15, 0.2) is 10.8 Å². The summed E-state index contributed by atoms with van der Waals surface area (Å²) < 4.78 is 62.2. The zero-order valence-corrected chi connectivity index (χ0v) is 21.2. The minimum atomic E-state index is -4.66. The molecule has 198 valence electrons. The molecule has 0 aliphatic carbocycles. The fourth-order valence-corrected chi connectivity index (χ4v) is 5.07. The number of amides is 1. The van der Waals surface area contributed by atoms with Gasteiger partial charge in [-0.3, -0.25) is 4.79 Å². The number of alkyl halides is 4. The maximum Gasteiger partial charge on any atom is 0.436 e. The Bertz CT molecular complexity index is 1230. The van der Waals surface area contributed by atoms with Crippen LogP contribution in [0.1, 0.15) is 44.1 Å². The molecule has 0 saturated carbocycles. The molecule has 1 atom stereocenters. The molecule has 1 unspecified atom stereocenters. The topological polar surface area (TPSA) is 70.6 Å². The third kappa shape index (κ3) is 6.30. The number of ether oxygens (including phenoxy) is 1. The first-order valence-corrected chi connectivity index (χ1v) is 12.7. The first-order valence-electron chi connectivity index (χ1n) is 11.9. The second-order valence-electron chi connectivity index (χ2n) is 8.54. The van der Waals surface area contributed by atoms with Crippen LogP contribution in [0.5, 0.6) is 11.6 Å². The molecule has 1 aliphatic rings. The minimum Gasteiger partial charge on any atom is -0.437 e. The number of rotatable bonds is 8. The number of anilines is 3. The number of nitrogens with zero attached hydrogens (tertiary/aromatic N) is 4. The number of para-hydroxylation sites is 1. The van der Waals surface area contributed by atoms with Crippen LogP contribution in [0.15, 0.2) is 42.6 Å². The molecule has 0 spiro atoms. The summed E-state index contributed by atoms with van der Waals surface area (Å²) in [6.45, 7) is 4.53. The summed E-state index contributed by atoms with van der Waals surface area (Å²) >= 11 is 0.864. The zero-order valence-electron chi connectivity index (χ0n) is 20.4. The molecule has 3 heterocycles. The van der Waals surface area contributed by atoms with E-state index in [-0.39, 0.29) is 40.8 Å². The van der Waals surface area contributed by atoms with Gasteiger partial charge in [0.05, 0.1) is 0 Å². The van der Waals surface area contributed by atoms with Crippen LogP contribution in [-0.4, -0.2) is 47.0 Å². The number of benzene rings is 1. The molecule has 0 radical (unpaired) electrons. The van der Waals surface area contributed by atoms with Gasteiger partial charge >= 0.3 is 6.18 Å². The molecule has 1 N–H and O–H groups in total. The van der Waals surface area contributed by atoms with Crippen molar-refractivity contribution in [1.82, 2.24) is 14.9 Å².